The number of hydrogen-bond donors (Lipinski definition) is 1. The van der Waals surface area contributed by atoms with Gasteiger partial charge in [-0.3, -0.25) is 9.58 Å². The molecule has 1 aromatic heterocycles. The number of nitrogens with two attached hydrogens (primary N) is 1. The molecule has 112 valence electrons. The van der Waals surface area contributed by atoms with Gasteiger partial charge in [-0.1, -0.05) is 19.8 Å². The zero-order chi connectivity index (χ0) is 14.1. The molecule has 4 heteroatoms. The van der Waals surface area contributed by atoms with Crippen LogP contribution in [0, 0.1) is 5.92 Å². The molecule has 3 rings (SSSR count). The van der Waals surface area contributed by atoms with Crippen molar-refractivity contribution in [2.45, 2.75) is 57.5 Å². The standard InChI is InChI=1S/C16H28N4/c1-3-14-13(11-19(2)18-14)16(10-17)20-9-8-12-6-4-5-7-15(12)20/h11-12,15-16H,3-10,17H2,1-2H3. The number of aryl methyl sites for hydroxylation is 2. The van der Waals surface area contributed by atoms with Gasteiger partial charge in [0.05, 0.1) is 11.7 Å². The average molecular weight is 276 g/mol. The van der Waals surface area contributed by atoms with Crippen LogP contribution in [0.5, 0.6) is 0 Å². The van der Waals surface area contributed by atoms with Gasteiger partial charge in [0, 0.05) is 31.4 Å². The summed E-state index contributed by atoms with van der Waals surface area (Å²) in [6.07, 6.45) is 10.1. The van der Waals surface area contributed by atoms with E-state index in [1.165, 1.54) is 49.9 Å². The lowest BCUT2D eigenvalue weighted by atomic mass is 9.84. The first kappa shape index (κ1) is 14.1. The van der Waals surface area contributed by atoms with E-state index < -0.39 is 0 Å². The van der Waals surface area contributed by atoms with E-state index in [9.17, 15) is 0 Å². The molecule has 1 saturated carbocycles. The molecule has 0 spiro atoms. The summed E-state index contributed by atoms with van der Waals surface area (Å²) in [4.78, 5) is 2.69. The third-order valence-corrected chi connectivity index (χ3v) is 5.31. The third kappa shape index (κ3) is 2.40. The fourth-order valence-electron chi connectivity index (χ4n) is 4.38. The molecule has 1 aromatic rings. The Labute approximate surface area is 122 Å². The highest BCUT2D eigenvalue weighted by Crippen LogP contribution is 2.40. The molecule has 1 saturated heterocycles. The van der Waals surface area contributed by atoms with Crippen molar-refractivity contribution in [3.63, 3.8) is 0 Å². The quantitative estimate of drug-likeness (QED) is 0.917. The van der Waals surface area contributed by atoms with E-state index in [1.54, 1.807) is 0 Å². The Morgan fingerprint density at radius 1 is 1.35 bits per heavy atom. The van der Waals surface area contributed by atoms with Gasteiger partial charge in [-0.05, 0) is 38.1 Å². The minimum Gasteiger partial charge on any atom is -0.329 e. The maximum Gasteiger partial charge on any atom is 0.0670 e. The van der Waals surface area contributed by atoms with E-state index in [0.717, 1.165) is 18.4 Å². The second-order valence-electron chi connectivity index (χ2n) is 6.45. The van der Waals surface area contributed by atoms with Crippen LogP contribution in [0.3, 0.4) is 0 Å². The van der Waals surface area contributed by atoms with Crippen LogP contribution in [0.2, 0.25) is 0 Å². The number of nitrogens with zero attached hydrogens (tertiary/aromatic N) is 3. The van der Waals surface area contributed by atoms with Crippen LogP contribution >= 0.6 is 0 Å². The van der Waals surface area contributed by atoms with E-state index in [2.05, 4.69) is 23.1 Å². The summed E-state index contributed by atoms with van der Waals surface area (Å²) in [7, 11) is 2.02. The molecule has 0 amide bonds. The molecule has 2 fully saturated rings. The van der Waals surface area contributed by atoms with Crippen molar-refractivity contribution in [2.24, 2.45) is 18.7 Å². The Kier molecular flexibility index (Phi) is 4.13. The number of hydrogen-bond acceptors (Lipinski definition) is 3. The summed E-state index contributed by atoms with van der Waals surface area (Å²) < 4.78 is 1.95. The average Bonchev–Trinajstić information content (AvgIpc) is 3.04. The van der Waals surface area contributed by atoms with Crippen molar-refractivity contribution >= 4 is 0 Å². The molecule has 3 unspecified atom stereocenters. The molecule has 0 aromatic carbocycles. The second kappa shape index (κ2) is 5.86. The van der Waals surface area contributed by atoms with Gasteiger partial charge in [-0.25, -0.2) is 0 Å². The van der Waals surface area contributed by atoms with Gasteiger partial charge in [0.25, 0.3) is 0 Å². The van der Waals surface area contributed by atoms with E-state index in [1.807, 2.05) is 11.7 Å². The molecule has 0 bridgehead atoms. The van der Waals surface area contributed by atoms with E-state index in [4.69, 9.17) is 5.73 Å². The zero-order valence-corrected chi connectivity index (χ0v) is 12.9. The summed E-state index contributed by atoms with van der Waals surface area (Å²) in [5, 5.41) is 4.61. The van der Waals surface area contributed by atoms with Gasteiger partial charge >= 0.3 is 0 Å². The number of rotatable bonds is 4. The highest BCUT2D eigenvalue weighted by molar-refractivity contribution is 5.23. The van der Waals surface area contributed by atoms with Gasteiger partial charge in [-0.2, -0.15) is 5.10 Å². The maximum atomic E-state index is 6.16. The van der Waals surface area contributed by atoms with Gasteiger partial charge in [0.2, 0.25) is 0 Å². The largest absolute Gasteiger partial charge is 0.329 e. The minimum atomic E-state index is 0.367. The number of likely N-dealkylation sites (tertiary alicyclic amines) is 1. The molecule has 1 aliphatic carbocycles. The number of aromatic nitrogens is 2. The lowest BCUT2D eigenvalue weighted by Crippen LogP contribution is -2.40. The maximum absolute atomic E-state index is 6.16. The third-order valence-electron chi connectivity index (χ3n) is 5.31. The number of fused-ring (bicyclic) bond motifs is 1. The van der Waals surface area contributed by atoms with Gasteiger partial charge in [0.1, 0.15) is 0 Å². The van der Waals surface area contributed by atoms with Crippen LogP contribution in [0.25, 0.3) is 0 Å². The first-order valence-corrected chi connectivity index (χ1v) is 8.22. The van der Waals surface area contributed by atoms with Gasteiger partial charge in [0.15, 0.2) is 0 Å². The topological polar surface area (TPSA) is 47.1 Å². The molecule has 1 aliphatic heterocycles. The summed E-state index contributed by atoms with van der Waals surface area (Å²) in [6, 6.07) is 1.13. The molecular formula is C16H28N4. The van der Waals surface area contributed by atoms with Crippen LogP contribution in [-0.2, 0) is 13.5 Å². The minimum absolute atomic E-state index is 0.367. The van der Waals surface area contributed by atoms with Gasteiger partial charge < -0.3 is 5.73 Å². The Hall–Kier alpha value is -0.870. The first-order valence-electron chi connectivity index (χ1n) is 8.22. The fraction of sp³-hybridized carbons (Fsp3) is 0.812. The lowest BCUT2D eigenvalue weighted by molar-refractivity contribution is 0.135. The van der Waals surface area contributed by atoms with E-state index in [-0.39, 0.29) is 0 Å². The van der Waals surface area contributed by atoms with Crippen LogP contribution < -0.4 is 5.73 Å². The van der Waals surface area contributed by atoms with E-state index in [0.29, 0.717) is 12.6 Å². The molecule has 2 heterocycles. The summed E-state index contributed by atoms with van der Waals surface area (Å²) >= 11 is 0. The Morgan fingerprint density at radius 3 is 2.90 bits per heavy atom. The smallest absolute Gasteiger partial charge is 0.0670 e. The normalized spacial score (nSPS) is 28.6. The van der Waals surface area contributed by atoms with Crippen molar-refractivity contribution in [3.8, 4) is 0 Å². The summed E-state index contributed by atoms with van der Waals surface area (Å²) in [6.45, 7) is 4.12. The molecule has 20 heavy (non-hydrogen) atoms. The Balaban J connectivity index is 1.85. The molecule has 0 radical (unpaired) electrons. The highest BCUT2D eigenvalue weighted by Gasteiger charge is 2.39. The predicted octanol–water partition coefficient (Wildman–Crippen LogP) is 2.25. The van der Waals surface area contributed by atoms with Crippen LogP contribution in [0.4, 0.5) is 0 Å². The van der Waals surface area contributed by atoms with E-state index >= 15 is 0 Å². The zero-order valence-electron chi connectivity index (χ0n) is 12.9. The van der Waals surface area contributed by atoms with Gasteiger partial charge in [-0.15, -0.1) is 0 Å². The fourth-order valence-corrected chi connectivity index (χ4v) is 4.38. The first-order chi connectivity index (χ1) is 9.74. The van der Waals surface area contributed by atoms with Crippen molar-refractivity contribution in [2.75, 3.05) is 13.1 Å². The highest BCUT2D eigenvalue weighted by atomic mass is 15.3. The summed E-state index contributed by atoms with van der Waals surface area (Å²) in [5.74, 6) is 0.916. The molecule has 4 nitrogen and oxygen atoms in total. The molecular weight excluding hydrogens is 248 g/mol. The second-order valence-corrected chi connectivity index (χ2v) is 6.45. The predicted molar refractivity (Wildman–Crippen MR) is 81.5 cm³/mol. The van der Waals surface area contributed by atoms with Crippen molar-refractivity contribution in [3.05, 3.63) is 17.5 Å². The Morgan fingerprint density at radius 2 is 2.15 bits per heavy atom. The summed E-state index contributed by atoms with van der Waals surface area (Å²) in [5.41, 5.74) is 8.75. The Bertz CT molecular complexity index is 453. The van der Waals surface area contributed by atoms with Crippen LogP contribution in [0.15, 0.2) is 6.20 Å². The molecule has 2 aliphatic rings. The van der Waals surface area contributed by atoms with Crippen LogP contribution in [0.1, 0.15) is 56.3 Å². The SMILES string of the molecule is CCc1nn(C)cc1C(CN)N1CCC2CCCCC21. The lowest BCUT2D eigenvalue weighted by Gasteiger charge is -2.36. The molecule has 3 atom stereocenters. The van der Waals surface area contributed by atoms with Crippen LogP contribution in [-0.4, -0.2) is 33.8 Å². The van der Waals surface area contributed by atoms with Crippen molar-refractivity contribution in [1.82, 2.24) is 14.7 Å². The monoisotopic (exact) mass is 276 g/mol. The molecule has 2 N–H and O–H groups in total. The van der Waals surface area contributed by atoms with Crippen molar-refractivity contribution in [1.29, 1.82) is 0 Å². The van der Waals surface area contributed by atoms with Crippen molar-refractivity contribution < 1.29 is 0 Å².